The Balaban J connectivity index is 2.30. The average Bonchev–Trinajstić information content (AvgIpc) is 2.36. The summed E-state index contributed by atoms with van der Waals surface area (Å²) in [5.41, 5.74) is 0. The Labute approximate surface area is 107 Å². The highest BCUT2D eigenvalue weighted by molar-refractivity contribution is 6.17. The second kappa shape index (κ2) is 7.50. The summed E-state index contributed by atoms with van der Waals surface area (Å²) in [6.07, 6.45) is 1.21. The molecule has 2 amide bonds. The van der Waals surface area contributed by atoms with Gasteiger partial charge in [0.05, 0.1) is 0 Å². The molecule has 1 rings (SSSR count). The molecule has 0 saturated carbocycles. The standard InChI is InChI=1S/C11H19ClN2O3/c1-17-9-11(16)14-7-5-13(6-8-14)10(15)3-2-4-12/h2-9H2,1H3. The number of ether oxygens (including phenoxy) is 1. The van der Waals surface area contributed by atoms with Crippen LogP contribution >= 0.6 is 11.6 Å². The molecule has 0 atom stereocenters. The van der Waals surface area contributed by atoms with Gasteiger partial charge in [-0.05, 0) is 6.42 Å². The molecule has 1 saturated heterocycles. The number of rotatable bonds is 5. The van der Waals surface area contributed by atoms with E-state index in [1.807, 2.05) is 0 Å². The molecule has 0 unspecified atom stereocenters. The summed E-state index contributed by atoms with van der Waals surface area (Å²) in [4.78, 5) is 26.8. The van der Waals surface area contributed by atoms with Crippen LogP contribution in [0.3, 0.4) is 0 Å². The van der Waals surface area contributed by atoms with Gasteiger partial charge in [0, 0.05) is 45.6 Å². The Morgan fingerprint density at radius 3 is 2.12 bits per heavy atom. The van der Waals surface area contributed by atoms with E-state index < -0.39 is 0 Å². The molecule has 0 aromatic carbocycles. The molecule has 98 valence electrons. The summed E-state index contributed by atoms with van der Waals surface area (Å²) in [6.45, 7) is 2.51. The second-order valence-electron chi connectivity index (χ2n) is 3.99. The molecule has 0 bridgehead atoms. The van der Waals surface area contributed by atoms with E-state index in [0.717, 1.165) is 0 Å². The van der Waals surface area contributed by atoms with Crippen LogP contribution < -0.4 is 0 Å². The number of methoxy groups -OCH3 is 1. The number of alkyl halides is 1. The lowest BCUT2D eigenvalue weighted by atomic mass is 10.2. The molecule has 0 aromatic rings. The largest absolute Gasteiger partial charge is 0.375 e. The first-order chi connectivity index (χ1) is 8.19. The molecule has 0 aromatic heterocycles. The van der Waals surface area contributed by atoms with Gasteiger partial charge in [-0.25, -0.2) is 0 Å². The molecular weight excluding hydrogens is 244 g/mol. The van der Waals surface area contributed by atoms with Gasteiger partial charge in [-0.1, -0.05) is 0 Å². The van der Waals surface area contributed by atoms with Crippen LogP contribution in [0.5, 0.6) is 0 Å². The molecule has 5 nitrogen and oxygen atoms in total. The maximum absolute atomic E-state index is 11.7. The van der Waals surface area contributed by atoms with Gasteiger partial charge >= 0.3 is 0 Å². The number of amides is 2. The molecule has 1 aliphatic rings. The van der Waals surface area contributed by atoms with Crippen molar-refractivity contribution in [1.29, 1.82) is 0 Å². The minimum absolute atomic E-state index is 0.0136. The first-order valence-corrected chi connectivity index (χ1v) is 6.33. The first kappa shape index (κ1) is 14.3. The third-order valence-corrected chi connectivity index (χ3v) is 3.04. The fourth-order valence-corrected chi connectivity index (χ4v) is 1.93. The van der Waals surface area contributed by atoms with E-state index in [9.17, 15) is 9.59 Å². The van der Waals surface area contributed by atoms with Crippen LogP contribution in [0.4, 0.5) is 0 Å². The molecule has 1 heterocycles. The Kier molecular flexibility index (Phi) is 6.29. The maximum atomic E-state index is 11.7. The van der Waals surface area contributed by atoms with Crippen molar-refractivity contribution in [2.45, 2.75) is 12.8 Å². The van der Waals surface area contributed by atoms with Crippen LogP contribution in [0.2, 0.25) is 0 Å². The lowest BCUT2D eigenvalue weighted by molar-refractivity contribution is -0.141. The summed E-state index contributed by atoms with van der Waals surface area (Å²) < 4.78 is 4.80. The van der Waals surface area contributed by atoms with Gasteiger partial charge in [-0.15, -0.1) is 11.6 Å². The highest BCUT2D eigenvalue weighted by Crippen LogP contribution is 2.06. The molecule has 1 aliphatic heterocycles. The third-order valence-electron chi connectivity index (χ3n) is 2.78. The summed E-state index contributed by atoms with van der Waals surface area (Å²) in [6, 6.07) is 0. The maximum Gasteiger partial charge on any atom is 0.248 e. The summed E-state index contributed by atoms with van der Waals surface area (Å²) >= 11 is 5.55. The number of hydrogen-bond acceptors (Lipinski definition) is 3. The lowest BCUT2D eigenvalue weighted by Gasteiger charge is -2.34. The van der Waals surface area contributed by atoms with Gasteiger partial charge in [-0.2, -0.15) is 0 Å². The van der Waals surface area contributed by atoms with Crippen LogP contribution in [0.15, 0.2) is 0 Å². The van der Waals surface area contributed by atoms with Crippen LogP contribution in [0.1, 0.15) is 12.8 Å². The van der Waals surface area contributed by atoms with Crippen molar-refractivity contribution in [3.8, 4) is 0 Å². The van der Waals surface area contributed by atoms with Crippen molar-refractivity contribution < 1.29 is 14.3 Å². The van der Waals surface area contributed by atoms with Gasteiger partial charge in [0.25, 0.3) is 0 Å². The Hall–Kier alpha value is -0.810. The van der Waals surface area contributed by atoms with E-state index in [-0.39, 0.29) is 18.4 Å². The predicted octanol–water partition coefficient (Wildman–Crippen LogP) is 0.323. The van der Waals surface area contributed by atoms with E-state index in [4.69, 9.17) is 16.3 Å². The third kappa shape index (κ3) is 4.52. The fourth-order valence-electron chi connectivity index (χ4n) is 1.80. The van der Waals surface area contributed by atoms with E-state index in [1.54, 1.807) is 9.80 Å². The Morgan fingerprint density at radius 2 is 1.65 bits per heavy atom. The van der Waals surface area contributed by atoms with Crippen molar-refractivity contribution in [2.75, 3.05) is 45.8 Å². The molecule has 0 aliphatic carbocycles. The van der Waals surface area contributed by atoms with E-state index in [2.05, 4.69) is 0 Å². The topological polar surface area (TPSA) is 49.9 Å². The number of piperazine rings is 1. The number of hydrogen-bond donors (Lipinski definition) is 0. The van der Waals surface area contributed by atoms with Gasteiger partial charge in [0.1, 0.15) is 6.61 Å². The second-order valence-corrected chi connectivity index (χ2v) is 4.37. The van der Waals surface area contributed by atoms with Crippen LogP contribution in [-0.2, 0) is 14.3 Å². The summed E-state index contributed by atoms with van der Waals surface area (Å²) in [7, 11) is 1.50. The van der Waals surface area contributed by atoms with Crippen molar-refractivity contribution in [3.05, 3.63) is 0 Å². The molecule has 0 spiro atoms. The predicted molar refractivity (Wildman–Crippen MR) is 65.0 cm³/mol. The zero-order valence-corrected chi connectivity index (χ0v) is 10.9. The zero-order valence-electron chi connectivity index (χ0n) is 10.2. The van der Waals surface area contributed by atoms with Gasteiger partial charge < -0.3 is 14.5 Å². The van der Waals surface area contributed by atoms with Crippen molar-refractivity contribution in [3.63, 3.8) is 0 Å². The quantitative estimate of drug-likeness (QED) is 0.671. The number of nitrogens with zero attached hydrogens (tertiary/aromatic N) is 2. The lowest BCUT2D eigenvalue weighted by Crippen LogP contribution is -2.51. The number of carbonyl (C=O) groups excluding carboxylic acids is 2. The van der Waals surface area contributed by atoms with E-state index in [0.29, 0.717) is 44.9 Å². The fraction of sp³-hybridized carbons (Fsp3) is 0.818. The summed E-state index contributed by atoms with van der Waals surface area (Å²) in [5.74, 6) is 0.628. The SMILES string of the molecule is COCC(=O)N1CCN(C(=O)CCCCl)CC1. The van der Waals surface area contributed by atoms with Crippen molar-refractivity contribution in [2.24, 2.45) is 0 Å². The molecule has 1 fully saturated rings. The Bertz CT molecular complexity index is 265. The molecule has 6 heteroatoms. The molecule has 17 heavy (non-hydrogen) atoms. The van der Waals surface area contributed by atoms with E-state index >= 15 is 0 Å². The highest BCUT2D eigenvalue weighted by atomic mass is 35.5. The van der Waals surface area contributed by atoms with Crippen LogP contribution in [0.25, 0.3) is 0 Å². The van der Waals surface area contributed by atoms with Gasteiger partial charge in [-0.3, -0.25) is 9.59 Å². The van der Waals surface area contributed by atoms with Crippen LogP contribution in [0, 0.1) is 0 Å². The minimum Gasteiger partial charge on any atom is -0.375 e. The number of carbonyl (C=O) groups is 2. The van der Waals surface area contributed by atoms with Gasteiger partial charge in [0.2, 0.25) is 11.8 Å². The molecule has 0 radical (unpaired) electrons. The average molecular weight is 263 g/mol. The zero-order chi connectivity index (χ0) is 12.7. The van der Waals surface area contributed by atoms with E-state index in [1.165, 1.54) is 7.11 Å². The smallest absolute Gasteiger partial charge is 0.248 e. The van der Waals surface area contributed by atoms with Crippen molar-refractivity contribution in [1.82, 2.24) is 9.80 Å². The first-order valence-electron chi connectivity index (χ1n) is 5.79. The normalized spacial score (nSPS) is 16.1. The van der Waals surface area contributed by atoms with Crippen LogP contribution in [-0.4, -0.2) is 67.4 Å². The monoisotopic (exact) mass is 262 g/mol. The Morgan fingerprint density at radius 1 is 1.12 bits per heavy atom. The van der Waals surface area contributed by atoms with Crippen molar-refractivity contribution >= 4 is 23.4 Å². The summed E-state index contributed by atoms with van der Waals surface area (Å²) in [5, 5.41) is 0. The van der Waals surface area contributed by atoms with Gasteiger partial charge in [0.15, 0.2) is 0 Å². The number of halogens is 1. The molecule has 0 N–H and O–H groups in total. The minimum atomic E-state index is -0.0136. The molecular formula is C11H19ClN2O3. The highest BCUT2D eigenvalue weighted by Gasteiger charge is 2.23.